The summed E-state index contributed by atoms with van der Waals surface area (Å²) >= 11 is 0. The van der Waals surface area contributed by atoms with Gasteiger partial charge in [0.2, 0.25) is 10.0 Å². The van der Waals surface area contributed by atoms with Crippen LogP contribution < -0.4 is 4.72 Å². The number of hydrogen-bond donors (Lipinski definition) is 2. The lowest BCUT2D eigenvalue weighted by Gasteiger charge is -2.38. The third kappa shape index (κ3) is 5.00. The molecule has 2 aromatic carbocycles. The summed E-state index contributed by atoms with van der Waals surface area (Å²) in [6.07, 6.45) is 7.74. The van der Waals surface area contributed by atoms with Gasteiger partial charge in [-0.1, -0.05) is 24.3 Å². The van der Waals surface area contributed by atoms with Gasteiger partial charge in [-0.3, -0.25) is 4.98 Å². The SMILES string of the molecule is O=S(=O)(NCCC1(O)CCN(CCc2coc3ccccc23)CC1)c1ccc2cnccc2c1. The Balaban J connectivity index is 1.11. The fraction of sp³-hybridized carbons (Fsp3) is 0.346. The first-order valence-corrected chi connectivity index (χ1v) is 13.1. The van der Waals surface area contributed by atoms with Crippen LogP contribution in [0.2, 0.25) is 0 Å². The van der Waals surface area contributed by atoms with E-state index in [2.05, 4.69) is 20.7 Å². The van der Waals surface area contributed by atoms with Gasteiger partial charge in [-0.25, -0.2) is 13.1 Å². The number of benzene rings is 2. The summed E-state index contributed by atoms with van der Waals surface area (Å²) < 4.78 is 33.8. The lowest BCUT2D eigenvalue weighted by Crippen LogP contribution is -2.46. The zero-order valence-electron chi connectivity index (χ0n) is 19.0. The van der Waals surface area contributed by atoms with Gasteiger partial charge in [0, 0.05) is 49.3 Å². The van der Waals surface area contributed by atoms with Crippen molar-refractivity contribution in [2.75, 3.05) is 26.2 Å². The Hall–Kier alpha value is -2.78. The van der Waals surface area contributed by atoms with Crippen molar-refractivity contribution in [3.8, 4) is 0 Å². The minimum atomic E-state index is -3.64. The molecule has 0 atom stereocenters. The molecule has 178 valence electrons. The molecule has 4 aromatic rings. The number of sulfonamides is 1. The standard InChI is InChI=1S/C26H29N3O4S/c30-26(9-13-28-34(31,32)23-6-5-21-18-27-12-7-20(21)17-23)10-15-29(16-11-26)14-8-22-19-33-25-4-2-1-3-24(22)25/h1-7,12,17-19,28,30H,8-11,13-16H2. The number of rotatable bonds is 8. The van der Waals surface area contributed by atoms with Gasteiger partial charge in [0.05, 0.1) is 16.8 Å². The molecule has 0 radical (unpaired) electrons. The summed E-state index contributed by atoms with van der Waals surface area (Å²) in [5, 5.41) is 13.9. The highest BCUT2D eigenvalue weighted by Gasteiger charge is 2.32. The highest BCUT2D eigenvalue weighted by atomic mass is 32.2. The lowest BCUT2D eigenvalue weighted by molar-refractivity contribution is -0.0258. The highest BCUT2D eigenvalue weighted by molar-refractivity contribution is 7.89. The number of aliphatic hydroxyl groups is 1. The molecule has 34 heavy (non-hydrogen) atoms. The normalized spacial score (nSPS) is 16.9. The van der Waals surface area contributed by atoms with Crippen molar-refractivity contribution in [2.45, 2.75) is 36.2 Å². The number of hydrogen-bond acceptors (Lipinski definition) is 6. The summed E-state index contributed by atoms with van der Waals surface area (Å²) in [5.41, 5.74) is 1.26. The zero-order chi connectivity index (χ0) is 23.6. The Kier molecular flexibility index (Phi) is 6.40. The smallest absolute Gasteiger partial charge is 0.240 e. The molecular formula is C26H29N3O4S. The molecular weight excluding hydrogens is 450 g/mol. The van der Waals surface area contributed by atoms with Crippen LogP contribution in [0, 0.1) is 0 Å². The molecule has 0 amide bonds. The van der Waals surface area contributed by atoms with E-state index in [1.54, 1.807) is 36.7 Å². The van der Waals surface area contributed by atoms with Crippen molar-refractivity contribution in [2.24, 2.45) is 0 Å². The van der Waals surface area contributed by atoms with Gasteiger partial charge in [-0.05, 0) is 60.9 Å². The number of likely N-dealkylation sites (tertiary alicyclic amines) is 1. The first-order valence-electron chi connectivity index (χ1n) is 11.7. The zero-order valence-corrected chi connectivity index (χ0v) is 19.8. The van der Waals surface area contributed by atoms with E-state index in [0.717, 1.165) is 47.8 Å². The molecule has 2 aromatic heterocycles. The number of para-hydroxylation sites is 1. The van der Waals surface area contributed by atoms with Crippen LogP contribution in [0.3, 0.4) is 0 Å². The molecule has 0 saturated carbocycles. The van der Waals surface area contributed by atoms with E-state index >= 15 is 0 Å². The summed E-state index contributed by atoms with van der Waals surface area (Å²) in [5.74, 6) is 0. The van der Waals surface area contributed by atoms with E-state index < -0.39 is 15.6 Å². The van der Waals surface area contributed by atoms with Crippen LogP contribution in [0.5, 0.6) is 0 Å². The molecule has 0 aliphatic carbocycles. The van der Waals surface area contributed by atoms with Gasteiger partial charge in [0.1, 0.15) is 5.58 Å². The number of nitrogens with one attached hydrogen (secondary N) is 1. The van der Waals surface area contributed by atoms with E-state index in [1.807, 2.05) is 24.5 Å². The van der Waals surface area contributed by atoms with Gasteiger partial charge in [0.15, 0.2) is 0 Å². The molecule has 7 nitrogen and oxygen atoms in total. The van der Waals surface area contributed by atoms with Crippen molar-refractivity contribution in [3.05, 3.63) is 72.8 Å². The van der Waals surface area contributed by atoms with Gasteiger partial charge >= 0.3 is 0 Å². The second-order valence-corrected chi connectivity index (χ2v) is 10.9. The predicted octanol–water partition coefficient (Wildman–Crippen LogP) is 3.72. The van der Waals surface area contributed by atoms with Crippen LogP contribution >= 0.6 is 0 Å². The Bertz CT molecular complexity index is 1390. The topological polar surface area (TPSA) is 95.7 Å². The van der Waals surface area contributed by atoms with Crippen LogP contribution in [0.15, 0.2) is 76.5 Å². The molecule has 1 aliphatic heterocycles. The molecule has 1 fully saturated rings. The van der Waals surface area contributed by atoms with Gasteiger partial charge in [-0.15, -0.1) is 0 Å². The van der Waals surface area contributed by atoms with Crippen molar-refractivity contribution in [3.63, 3.8) is 0 Å². The quantitative estimate of drug-likeness (QED) is 0.400. The molecule has 8 heteroatoms. The number of aromatic nitrogens is 1. The minimum Gasteiger partial charge on any atom is -0.464 e. The van der Waals surface area contributed by atoms with Gasteiger partial charge in [-0.2, -0.15) is 0 Å². The monoisotopic (exact) mass is 479 g/mol. The number of fused-ring (bicyclic) bond motifs is 2. The van der Waals surface area contributed by atoms with Crippen molar-refractivity contribution >= 4 is 31.8 Å². The fourth-order valence-corrected chi connectivity index (χ4v) is 5.74. The first-order chi connectivity index (χ1) is 16.4. The van der Waals surface area contributed by atoms with Crippen LogP contribution in [-0.4, -0.2) is 55.2 Å². The summed E-state index contributed by atoms with van der Waals surface area (Å²) in [6, 6.07) is 14.8. The van der Waals surface area contributed by atoms with Crippen LogP contribution in [-0.2, 0) is 16.4 Å². The third-order valence-electron chi connectivity index (χ3n) is 6.85. The first kappa shape index (κ1) is 23.0. The molecule has 2 N–H and O–H groups in total. The summed E-state index contributed by atoms with van der Waals surface area (Å²) in [4.78, 5) is 6.63. The number of furan rings is 1. The number of pyridine rings is 1. The predicted molar refractivity (Wildman–Crippen MR) is 132 cm³/mol. The average Bonchev–Trinajstić information content (AvgIpc) is 3.26. The summed E-state index contributed by atoms with van der Waals surface area (Å²) in [7, 11) is -3.64. The lowest BCUT2D eigenvalue weighted by atomic mass is 9.88. The second kappa shape index (κ2) is 9.46. The van der Waals surface area contributed by atoms with Crippen molar-refractivity contribution in [1.82, 2.24) is 14.6 Å². The second-order valence-electron chi connectivity index (χ2n) is 9.11. The van der Waals surface area contributed by atoms with Gasteiger partial charge < -0.3 is 14.4 Å². The molecule has 0 spiro atoms. The number of piperidine rings is 1. The van der Waals surface area contributed by atoms with Crippen molar-refractivity contribution < 1.29 is 17.9 Å². The van der Waals surface area contributed by atoms with Crippen LogP contribution in [0.4, 0.5) is 0 Å². The van der Waals surface area contributed by atoms with E-state index in [4.69, 9.17) is 4.42 Å². The molecule has 5 rings (SSSR count). The maximum atomic E-state index is 12.7. The van der Waals surface area contributed by atoms with Crippen molar-refractivity contribution in [1.29, 1.82) is 0 Å². The minimum absolute atomic E-state index is 0.203. The Morgan fingerprint density at radius 2 is 1.91 bits per heavy atom. The molecule has 1 saturated heterocycles. The molecule has 1 aliphatic rings. The molecule has 3 heterocycles. The van der Waals surface area contributed by atoms with E-state index in [1.165, 1.54) is 5.56 Å². The Labute approximate surface area is 199 Å². The largest absolute Gasteiger partial charge is 0.464 e. The summed E-state index contributed by atoms with van der Waals surface area (Å²) in [6.45, 7) is 2.69. The maximum Gasteiger partial charge on any atom is 0.240 e. The van der Waals surface area contributed by atoms with E-state index in [-0.39, 0.29) is 11.4 Å². The Morgan fingerprint density at radius 1 is 1.09 bits per heavy atom. The highest BCUT2D eigenvalue weighted by Crippen LogP contribution is 2.27. The average molecular weight is 480 g/mol. The number of nitrogens with zero attached hydrogens (tertiary/aromatic N) is 2. The fourth-order valence-electron chi connectivity index (χ4n) is 4.68. The van der Waals surface area contributed by atoms with E-state index in [9.17, 15) is 13.5 Å². The Morgan fingerprint density at radius 3 is 2.76 bits per heavy atom. The third-order valence-corrected chi connectivity index (χ3v) is 8.31. The maximum absolute atomic E-state index is 12.7. The van der Waals surface area contributed by atoms with Crippen LogP contribution in [0.1, 0.15) is 24.8 Å². The van der Waals surface area contributed by atoms with E-state index in [0.29, 0.717) is 19.3 Å². The molecule has 0 unspecified atom stereocenters. The molecule has 0 bridgehead atoms. The van der Waals surface area contributed by atoms with Gasteiger partial charge in [0.25, 0.3) is 0 Å². The van der Waals surface area contributed by atoms with Crippen LogP contribution in [0.25, 0.3) is 21.7 Å².